The number of alkyl halides is 2. The molecule has 0 bridgehead atoms. The Morgan fingerprint density at radius 1 is 1.00 bits per heavy atom. The van der Waals surface area contributed by atoms with Crippen LogP contribution in [0.3, 0.4) is 0 Å². The van der Waals surface area contributed by atoms with Gasteiger partial charge in [-0.25, -0.2) is 13.6 Å². The molecule has 2 aromatic rings. The third-order valence-electron chi connectivity index (χ3n) is 8.72. The number of nitrogens with one attached hydrogen (secondary N) is 1. The smallest absolute Gasteiger partial charge is 0.324 e. The maximum atomic E-state index is 13.7. The standard InChI is InChI=1S/C34H48F2N4O5/c1-6-34(35,36)14-19-45-31-22-28(10-11-29(31)43-4)40-16-7-15-39(33(40)42)23-26-9-8-25(20-30(26)44-5)21-32(41)37-27-12-17-38(18-13-27)24(2)3/h8-11,20,22,24,27H,6-7,12-19,21,23H2,1-5H3,(H,37,41). The Balaban J connectivity index is 1.38. The van der Waals surface area contributed by atoms with Crippen molar-refractivity contribution in [3.63, 3.8) is 0 Å². The Morgan fingerprint density at radius 3 is 2.40 bits per heavy atom. The highest BCUT2D eigenvalue weighted by Gasteiger charge is 2.29. The second-order valence-corrected chi connectivity index (χ2v) is 12.1. The van der Waals surface area contributed by atoms with Crippen LogP contribution in [-0.4, -0.2) is 86.7 Å². The number of urea groups is 1. The van der Waals surface area contributed by atoms with Gasteiger partial charge in [-0.3, -0.25) is 9.69 Å². The zero-order chi connectivity index (χ0) is 32.6. The molecule has 0 saturated carbocycles. The lowest BCUT2D eigenvalue weighted by molar-refractivity contribution is -0.121. The van der Waals surface area contributed by atoms with Crippen molar-refractivity contribution in [2.75, 3.05) is 51.9 Å². The first-order chi connectivity index (χ1) is 21.5. The second-order valence-electron chi connectivity index (χ2n) is 12.1. The minimum Gasteiger partial charge on any atom is -0.496 e. The van der Waals surface area contributed by atoms with E-state index in [-0.39, 0.29) is 37.4 Å². The van der Waals surface area contributed by atoms with E-state index in [2.05, 4.69) is 24.1 Å². The summed E-state index contributed by atoms with van der Waals surface area (Å²) in [6.45, 7) is 9.07. The summed E-state index contributed by atoms with van der Waals surface area (Å²) in [5.41, 5.74) is 2.29. The molecule has 2 heterocycles. The van der Waals surface area contributed by atoms with E-state index in [4.69, 9.17) is 14.2 Å². The Bertz CT molecular complexity index is 1300. The molecule has 0 unspecified atom stereocenters. The number of nitrogens with zero attached hydrogens (tertiary/aromatic N) is 3. The molecule has 2 saturated heterocycles. The fourth-order valence-electron chi connectivity index (χ4n) is 5.86. The predicted octanol–water partition coefficient (Wildman–Crippen LogP) is 5.88. The molecule has 248 valence electrons. The summed E-state index contributed by atoms with van der Waals surface area (Å²) in [5.74, 6) is -1.45. The van der Waals surface area contributed by atoms with Gasteiger partial charge in [-0.15, -0.1) is 0 Å². The molecule has 2 aliphatic heterocycles. The molecule has 4 rings (SSSR count). The number of benzene rings is 2. The summed E-state index contributed by atoms with van der Waals surface area (Å²) in [4.78, 5) is 32.3. The van der Waals surface area contributed by atoms with Crippen molar-refractivity contribution in [1.29, 1.82) is 0 Å². The molecule has 2 aliphatic rings. The molecule has 1 N–H and O–H groups in total. The van der Waals surface area contributed by atoms with Crippen molar-refractivity contribution >= 4 is 17.6 Å². The normalized spacial score (nSPS) is 16.7. The SMILES string of the molecule is CCC(F)(F)CCOc1cc(N2CCCN(Cc3ccc(CC(=O)NC4CCN(C(C)C)CC4)cc3OC)C2=O)ccc1OC. The quantitative estimate of drug-likeness (QED) is 0.281. The number of carbonyl (C=O) groups is 2. The molecule has 2 fully saturated rings. The van der Waals surface area contributed by atoms with E-state index in [0.717, 1.165) is 43.5 Å². The van der Waals surface area contributed by atoms with Gasteiger partial charge in [0.25, 0.3) is 5.92 Å². The lowest BCUT2D eigenvalue weighted by Gasteiger charge is -2.36. The van der Waals surface area contributed by atoms with E-state index in [1.807, 2.05) is 18.2 Å². The number of likely N-dealkylation sites (tertiary alicyclic amines) is 1. The number of halogens is 2. The van der Waals surface area contributed by atoms with Crippen LogP contribution in [0.2, 0.25) is 0 Å². The van der Waals surface area contributed by atoms with Crippen LogP contribution in [-0.2, 0) is 17.8 Å². The Kier molecular flexibility index (Phi) is 11.9. The molecule has 0 atom stereocenters. The van der Waals surface area contributed by atoms with Crippen LogP contribution in [0, 0.1) is 0 Å². The molecule has 11 heteroatoms. The van der Waals surface area contributed by atoms with Gasteiger partial charge in [-0.2, -0.15) is 0 Å². The number of piperidine rings is 1. The molecule has 3 amide bonds. The van der Waals surface area contributed by atoms with Crippen LogP contribution >= 0.6 is 0 Å². The zero-order valence-electron chi connectivity index (χ0n) is 27.2. The van der Waals surface area contributed by atoms with Crippen molar-refractivity contribution in [2.24, 2.45) is 0 Å². The van der Waals surface area contributed by atoms with Crippen molar-refractivity contribution in [3.05, 3.63) is 47.5 Å². The molecule has 9 nitrogen and oxygen atoms in total. The minimum absolute atomic E-state index is 0.00318. The number of hydrogen-bond donors (Lipinski definition) is 1. The van der Waals surface area contributed by atoms with Crippen LogP contribution < -0.4 is 24.4 Å². The van der Waals surface area contributed by atoms with E-state index < -0.39 is 12.3 Å². The van der Waals surface area contributed by atoms with Gasteiger partial charge in [-0.05, 0) is 56.9 Å². The summed E-state index contributed by atoms with van der Waals surface area (Å²) < 4.78 is 44.2. The third kappa shape index (κ3) is 9.22. The summed E-state index contributed by atoms with van der Waals surface area (Å²) in [6.07, 6.45) is 2.25. The molecule has 2 aromatic carbocycles. The van der Waals surface area contributed by atoms with E-state index in [1.165, 1.54) is 14.0 Å². The number of amides is 3. The minimum atomic E-state index is -2.80. The highest BCUT2D eigenvalue weighted by atomic mass is 19.3. The Morgan fingerprint density at radius 2 is 1.73 bits per heavy atom. The maximum absolute atomic E-state index is 13.7. The molecule has 45 heavy (non-hydrogen) atoms. The number of rotatable bonds is 14. The lowest BCUT2D eigenvalue weighted by Crippen LogP contribution is -2.49. The monoisotopic (exact) mass is 630 g/mol. The Labute approximate surface area is 265 Å². The van der Waals surface area contributed by atoms with Crippen LogP contribution in [0.1, 0.15) is 64.0 Å². The van der Waals surface area contributed by atoms with Crippen LogP contribution in [0.4, 0.5) is 19.3 Å². The van der Waals surface area contributed by atoms with Crippen LogP contribution in [0.5, 0.6) is 17.2 Å². The number of hydrogen-bond acceptors (Lipinski definition) is 6. The summed E-state index contributed by atoms with van der Waals surface area (Å²) in [5, 5.41) is 3.19. The molecule has 0 aliphatic carbocycles. The highest BCUT2D eigenvalue weighted by molar-refractivity contribution is 5.93. The van der Waals surface area contributed by atoms with Gasteiger partial charge in [0.05, 0.1) is 33.8 Å². The summed E-state index contributed by atoms with van der Waals surface area (Å²) in [7, 11) is 3.07. The predicted molar refractivity (Wildman–Crippen MR) is 171 cm³/mol. The van der Waals surface area contributed by atoms with E-state index in [9.17, 15) is 18.4 Å². The van der Waals surface area contributed by atoms with Crippen molar-refractivity contribution in [1.82, 2.24) is 15.1 Å². The highest BCUT2D eigenvalue weighted by Crippen LogP contribution is 2.34. The Hall–Kier alpha value is -3.60. The van der Waals surface area contributed by atoms with Crippen LogP contribution in [0.15, 0.2) is 36.4 Å². The third-order valence-corrected chi connectivity index (χ3v) is 8.72. The fourth-order valence-corrected chi connectivity index (χ4v) is 5.86. The average Bonchev–Trinajstić information content (AvgIpc) is 3.02. The van der Waals surface area contributed by atoms with Gasteiger partial charge in [0, 0.05) is 68.4 Å². The van der Waals surface area contributed by atoms with Crippen molar-refractivity contribution in [2.45, 2.75) is 83.8 Å². The average molecular weight is 631 g/mol. The first-order valence-electron chi connectivity index (χ1n) is 16.0. The largest absolute Gasteiger partial charge is 0.496 e. The maximum Gasteiger partial charge on any atom is 0.324 e. The van der Waals surface area contributed by atoms with E-state index in [0.29, 0.717) is 48.6 Å². The number of anilines is 1. The molecular formula is C34H48F2N4O5. The van der Waals surface area contributed by atoms with Gasteiger partial charge in [0.15, 0.2) is 11.5 Å². The van der Waals surface area contributed by atoms with Crippen molar-refractivity contribution in [3.8, 4) is 17.2 Å². The number of ether oxygens (including phenoxy) is 3. The van der Waals surface area contributed by atoms with Crippen LogP contribution in [0.25, 0.3) is 0 Å². The second kappa shape index (κ2) is 15.6. The topological polar surface area (TPSA) is 83.6 Å². The first-order valence-corrected chi connectivity index (χ1v) is 16.0. The first kappa shape index (κ1) is 34.3. The van der Waals surface area contributed by atoms with Crippen molar-refractivity contribution < 1.29 is 32.6 Å². The summed E-state index contributed by atoms with van der Waals surface area (Å²) in [6, 6.07) is 11.4. The molecule has 0 spiro atoms. The van der Waals surface area contributed by atoms with Gasteiger partial charge in [0.1, 0.15) is 5.75 Å². The molecule has 0 aromatic heterocycles. The van der Waals surface area contributed by atoms with E-state index >= 15 is 0 Å². The molecule has 0 radical (unpaired) electrons. The summed E-state index contributed by atoms with van der Waals surface area (Å²) >= 11 is 0. The van der Waals surface area contributed by atoms with Gasteiger partial charge in [0.2, 0.25) is 5.91 Å². The van der Waals surface area contributed by atoms with E-state index in [1.54, 1.807) is 35.1 Å². The van der Waals surface area contributed by atoms with Gasteiger partial charge >= 0.3 is 6.03 Å². The molecular weight excluding hydrogens is 582 g/mol. The number of methoxy groups -OCH3 is 2. The zero-order valence-corrected chi connectivity index (χ0v) is 27.2. The number of carbonyl (C=O) groups excluding carboxylic acids is 2. The lowest BCUT2D eigenvalue weighted by atomic mass is 10.0. The van der Waals surface area contributed by atoms with Gasteiger partial charge in [-0.1, -0.05) is 19.1 Å². The fraction of sp³-hybridized carbons (Fsp3) is 0.588. The van der Waals surface area contributed by atoms with Gasteiger partial charge < -0.3 is 29.3 Å².